The minimum atomic E-state index is -1.05. The standard InChI is InChI=1S/C4H8N2O4S2/c7-3(1-11-5-9)4(8)2-12-6-10/h3-4,7-8H,1-2H2. The summed E-state index contributed by atoms with van der Waals surface area (Å²) in [4.78, 5) is 19.2. The van der Waals surface area contributed by atoms with Crippen LogP contribution in [-0.2, 0) is 0 Å². The average Bonchev–Trinajstić information content (AvgIpc) is 2.10. The Kier molecular flexibility index (Phi) is 7.36. The summed E-state index contributed by atoms with van der Waals surface area (Å²) in [6, 6.07) is 0. The van der Waals surface area contributed by atoms with Crippen LogP contribution in [0.5, 0.6) is 0 Å². The van der Waals surface area contributed by atoms with Crippen molar-refractivity contribution in [1.82, 2.24) is 0 Å². The third-order valence-electron chi connectivity index (χ3n) is 1.04. The highest BCUT2D eigenvalue weighted by atomic mass is 32.2. The summed E-state index contributed by atoms with van der Waals surface area (Å²) in [5, 5.41) is 18.1. The Bertz CT molecular complexity index is 131. The first-order valence-electron chi connectivity index (χ1n) is 2.97. The first-order chi connectivity index (χ1) is 5.72. The molecule has 2 unspecified atom stereocenters. The Morgan fingerprint density at radius 1 is 1.00 bits per heavy atom. The lowest BCUT2D eigenvalue weighted by molar-refractivity contribution is 0.0500. The highest BCUT2D eigenvalue weighted by Crippen LogP contribution is 2.11. The van der Waals surface area contributed by atoms with Crippen LogP contribution in [0.1, 0.15) is 0 Å². The normalized spacial score (nSPS) is 15.2. The van der Waals surface area contributed by atoms with Gasteiger partial charge in [0, 0.05) is 44.6 Å². The molecule has 2 N–H and O–H groups in total. The van der Waals surface area contributed by atoms with Gasteiger partial charge in [-0.25, -0.2) is 0 Å². The van der Waals surface area contributed by atoms with E-state index in [0.29, 0.717) is 23.9 Å². The van der Waals surface area contributed by atoms with Gasteiger partial charge in [0.1, 0.15) is 0 Å². The molecule has 70 valence electrons. The van der Waals surface area contributed by atoms with Crippen LogP contribution in [0.4, 0.5) is 0 Å². The van der Waals surface area contributed by atoms with Crippen LogP contribution in [0, 0.1) is 9.81 Å². The van der Waals surface area contributed by atoms with Crippen LogP contribution >= 0.6 is 23.9 Å². The van der Waals surface area contributed by atoms with Gasteiger partial charge < -0.3 is 10.2 Å². The topological polar surface area (TPSA) is 99.3 Å². The second kappa shape index (κ2) is 7.47. The van der Waals surface area contributed by atoms with E-state index in [1.54, 1.807) is 0 Å². The molecule has 0 saturated heterocycles. The minimum absolute atomic E-state index is 0.0179. The Morgan fingerprint density at radius 2 is 1.33 bits per heavy atom. The number of aliphatic hydroxyl groups is 2. The van der Waals surface area contributed by atoms with Crippen molar-refractivity contribution in [2.75, 3.05) is 11.5 Å². The third-order valence-corrected chi connectivity index (χ3v) is 2.23. The summed E-state index contributed by atoms with van der Waals surface area (Å²) in [6.07, 6.45) is -2.11. The number of rotatable bonds is 7. The molecule has 0 aliphatic carbocycles. The maximum atomic E-state index is 9.59. The highest BCUT2D eigenvalue weighted by molar-refractivity contribution is 7.98. The van der Waals surface area contributed by atoms with Gasteiger partial charge in [-0.1, -0.05) is 0 Å². The van der Waals surface area contributed by atoms with Gasteiger partial charge in [0.25, 0.3) is 0 Å². The molecule has 0 radical (unpaired) electrons. The van der Waals surface area contributed by atoms with E-state index in [2.05, 4.69) is 9.16 Å². The first kappa shape index (κ1) is 11.8. The fraction of sp³-hybridized carbons (Fsp3) is 1.00. The Hall–Kier alpha value is -0.180. The zero-order valence-corrected chi connectivity index (χ0v) is 7.62. The van der Waals surface area contributed by atoms with Crippen LogP contribution < -0.4 is 0 Å². The monoisotopic (exact) mass is 212 g/mol. The molecule has 12 heavy (non-hydrogen) atoms. The molecule has 0 fully saturated rings. The molecule has 6 nitrogen and oxygen atoms in total. The Balaban J connectivity index is 3.52. The number of hydrogen-bond acceptors (Lipinski definition) is 8. The molecule has 0 spiro atoms. The van der Waals surface area contributed by atoms with E-state index < -0.39 is 12.2 Å². The molecule has 0 bridgehead atoms. The number of aliphatic hydroxyl groups excluding tert-OH is 2. The SMILES string of the molecule is O=NSCC(O)C(O)CSN=O. The predicted octanol–water partition coefficient (Wildman–Crippen LogP) is 0.537. The van der Waals surface area contributed by atoms with Crippen LogP contribution in [0.3, 0.4) is 0 Å². The molecule has 0 saturated carbocycles. The van der Waals surface area contributed by atoms with E-state index in [0.717, 1.165) is 0 Å². The van der Waals surface area contributed by atoms with E-state index in [1.165, 1.54) is 0 Å². The molecule has 2 atom stereocenters. The fourth-order valence-electron chi connectivity index (χ4n) is 0.436. The van der Waals surface area contributed by atoms with Gasteiger partial charge in [-0.05, 0) is 0 Å². The van der Waals surface area contributed by atoms with E-state index in [1.807, 2.05) is 0 Å². The maximum absolute atomic E-state index is 9.59. The quantitative estimate of drug-likeness (QED) is 0.472. The highest BCUT2D eigenvalue weighted by Gasteiger charge is 2.16. The predicted molar refractivity (Wildman–Crippen MR) is 48.5 cm³/mol. The number of nitroso groups, excluding NO2 is 2. The molecule has 0 heterocycles. The van der Waals surface area contributed by atoms with E-state index in [9.17, 15) is 9.81 Å². The van der Waals surface area contributed by atoms with Crippen LogP contribution in [-0.4, -0.2) is 33.9 Å². The first-order valence-corrected chi connectivity index (χ1v) is 4.86. The second-order valence-electron chi connectivity index (χ2n) is 1.88. The molecule has 0 amide bonds. The summed E-state index contributed by atoms with van der Waals surface area (Å²) in [5.74, 6) is 0.0359. The van der Waals surface area contributed by atoms with Crippen molar-refractivity contribution in [2.45, 2.75) is 12.2 Å². The molecule has 8 heteroatoms. The van der Waals surface area contributed by atoms with Crippen molar-refractivity contribution in [1.29, 1.82) is 0 Å². The van der Waals surface area contributed by atoms with Crippen molar-refractivity contribution in [3.05, 3.63) is 9.81 Å². The molecule has 0 aliphatic rings. The van der Waals surface area contributed by atoms with Gasteiger partial charge in [-0.3, -0.25) is 0 Å². The Morgan fingerprint density at radius 3 is 1.58 bits per heavy atom. The van der Waals surface area contributed by atoms with Crippen molar-refractivity contribution in [2.24, 2.45) is 9.16 Å². The van der Waals surface area contributed by atoms with Gasteiger partial charge >= 0.3 is 0 Å². The molecule has 0 aliphatic heterocycles. The van der Waals surface area contributed by atoms with E-state index >= 15 is 0 Å². The molecule has 0 aromatic rings. The van der Waals surface area contributed by atoms with Crippen molar-refractivity contribution < 1.29 is 10.2 Å². The zero-order valence-electron chi connectivity index (χ0n) is 5.99. The lowest BCUT2D eigenvalue weighted by atomic mass is 10.3. The summed E-state index contributed by atoms with van der Waals surface area (Å²) in [7, 11) is 0. The van der Waals surface area contributed by atoms with Gasteiger partial charge in [0.15, 0.2) is 0 Å². The summed E-state index contributed by atoms with van der Waals surface area (Å²) in [5.41, 5.74) is 0. The number of nitrogens with zero attached hydrogens (tertiary/aromatic N) is 2. The smallest absolute Gasteiger partial charge is 0.0917 e. The van der Waals surface area contributed by atoms with E-state index in [-0.39, 0.29) is 11.5 Å². The van der Waals surface area contributed by atoms with Crippen molar-refractivity contribution in [3.8, 4) is 0 Å². The summed E-state index contributed by atoms with van der Waals surface area (Å²) < 4.78 is 4.88. The largest absolute Gasteiger partial charge is 0.389 e. The van der Waals surface area contributed by atoms with Crippen LogP contribution in [0.2, 0.25) is 0 Å². The molecular weight excluding hydrogens is 204 g/mol. The molecule has 0 aromatic heterocycles. The molecule has 0 aromatic carbocycles. The van der Waals surface area contributed by atoms with E-state index in [4.69, 9.17) is 10.2 Å². The third kappa shape index (κ3) is 5.47. The van der Waals surface area contributed by atoms with Crippen LogP contribution in [0.15, 0.2) is 9.16 Å². The second-order valence-corrected chi connectivity index (χ2v) is 3.36. The summed E-state index contributed by atoms with van der Waals surface area (Å²) in [6.45, 7) is 0. The van der Waals surface area contributed by atoms with Gasteiger partial charge in [-0.2, -0.15) is 0 Å². The fourth-order valence-corrected chi connectivity index (χ4v) is 1.31. The summed E-state index contributed by atoms with van der Waals surface area (Å²) >= 11 is 1.24. The Labute approximate surface area is 77.3 Å². The lowest BCUT2D eigenvalue weighted by Gasteiger charge is -2.13. The number of hydrogen-bond donors (Lipinski definition) is 2. The maximum Gasteiger partial charge on any atom is 0.0917 e. The van der Waals surface area contributed by atoms with Gasteiger partial charge in [-0.15, -0.1) is 9.81 Å². The molecular formula is C4H8N2O4S2. The van der Waals surface area contributed by atoms with Crippen LogP contribution in [0.25, 0.3) is 0 Å². The lowest BCUT2D eigenvalue weighted by Crippen LogP contribution is -2.29. The molecule has 0 rings (SSSR count). The average molecular weight is 212 g/mol. The van der Waals surface area contributed by atoms with Gasteiger partial charge in [0.05, 0.1) is 12.2 Å². The van der Waals surface area contributed by atoms with Crippen molar-refractivity contribution in [3.63, 3.8) is 0 Å². The minimum Gasteiger partial charge on any atom is -0.389 e. The van der Waals surface area contributed by atoms with Gasteiger partial charge in [0.2, 0.25) is 0 Å². The van der Waals surface area contributed by atoms with Crippen molar-refractivity contribution >= 4 is 23.9 Å². The zero-order chi connectivity index (χ0) is 9.40.